The fourth-order valence-electron chi connectivity index (χ4n) is 3.11. The Bertz CT molecular complexity index is 712. The first-order chi connectivity index (χ1) is 12.5. The molecule has 0 aromatic carbocycles. The highest BCUT2D eigenvalue weighted by atomic mass is 16.5. The number of piperidine rings is 1. The van der Waals surface area contributed by atoms with Gasteiger partial charge in [-0.15, -0.1) is 0 Å². The minimum atomic E-state index is -0.174. The summed E-state index contributed by atoms with van der Waals surface area (Å²) < 4.78 is 10.7. The number of aromatic nitrogens is 2. The number of rotatable bonds is 6. The summed E-state index contributed by atoms with van der Waals surface area (Å²) in [4.78, 5) is 18.7. The molecule has 26 heavy (non-hydrogen) atoms. The molecule has 3 rings (SSSR count). The van der Waals surface area contributed by atoms with Crippen LogP contribution in [0.25, 0.3) is 0 Å². The molecule has 0 unspecified atom stereocenters. The van der Waals surface area contributed by atoms with E-state index in [9.17, 15) is 4.79 Å². The Morgan fingerprint density at radius 2 is 2.04 bits per heavy atom. The lowest BCUT2D eigenvalue weighted by atomic mass is 9.97. The van der Waals surface area contributed by atoms with Gasteiger partial charge in [0.25, 0.3) is 0 Å². The summed E-state index contributed by atoms with van der Waals surface area (Å²) in [5.74, 6) is 2.84. The third-order valence-corrected chi connectivity index (χ3v) is 4.79. The number of oxazole rings is 1. The molecule has 0 radical (unpaired) electrons. The lowest BCUT2D eigenvalue weighted by Gasteiger charge is -2.31. The predicted molar refractivity (Wildman–Crippen MR) is 95.5 cm³/mol. The molecule has 1 aliphatic heterocycles. The van der Waals surface area contributed by atoms with Crippen molar-refractivity contribution in [2.24, 2.45) is 5.92 Å². The highest BCUT2D eigenvalue weighted by molar-refractivity contribution is 5.73. The van der Waals surface area contributed by atoms with Crippen LogP contribution in [0.4, 0.5) is 4.79 Å². The van der Waals surface area contributed by atoms with Crippen molar-refractivity contribution in [2.75, 3.05) is 19.6 Å². The average molecular weight is 361 g/mol. The van der Waals surface area contributed by atoms with Gasteiger partial charge in [-0.3, -0.25) is 4.90 Å². The van der Waals surface area contributed by atoms with Gasteiger partial charge in [0.05, 0.1) is 24.5 Å². The van der Waals surface area contributed by atoms with Crippen molar-refractivity contribution in [1.82, 2.24) is 25.7 Å². The summed E-state index contributed by atoms with van der Waals surface area (Å²) in [7, 11) is 0. The van der Waals surface area contributed by atoms with E-state index in [1.165, 1.54) is 0 Å². The summed E-state index contributed by atoms with van der Waals surface area (Å²) in [5, 5.41) is 9.52. The zero-order chi connectivity index (χ0) is 18.5. The number of hydrogen-bond donors (Lipinski definition) is 2. The molecule has 1 fully saturated rings. The molecule has 142 valence electrons. The maximum absolute atomic E-state index is 11.9. The van der Waals surface area contributed by atoms with Gasteiger partial charge in [-0.25, -0.2) is 9.78 Å². The SMILES string of the molecule is Cc1cc(CNC(=O)NCC2CCN(Cc3nc(C)c(C)o3)CC2)on1. The van der Waals surface area contributed by atoms with E-state index in [1.54, 1.807) is 0 Å². The number of amides is 2. The third-order valence-electron chi connectivity index (χ3n) is 4.79. The largest absolute Gasteiger partial charge is 0.444 e. The molecule has 0 saturated carbocycles. The Labute approximate surface area is 153 Å². The summed E-state index contributed by atoms with van der Waals surface area (Å²) >= 11 is 0. The molecular formula is C18H27N5O3. The van der Waals surface area contributed by atoms with Crippen LogP contribution in [0.15, 0.2) is 15.0 Å². The van der Waals surface area contributed by atoms with Crippen LogP contribution < -0.4 is 10.6 Å². The molecule has 1 saturated heterocycles. The molecule has 1 aliphatic rings. The smallest absolute Gasteiger partial charge is 0.315 e. The van der Waals surface area contributed by atoms with Gasteiger partial charge in [-0.05, 0) is 52.6 Å². The summed E-state index contributed by atoms with van der Waals surface area (Å²) in [6, 6.07) is 1.64. The van der Waals surface area contributed by atoms with Gasteiger partial charge >= 0.3 is 6.03 Å². The van der Waals surface area contributed by atoms with Crippen molar-refractivity contribution < 1.29 is 13.7 Å². The summed E-state index contributed by atoms with van der Waals surface area (Å²) in [6.07, 6.45) is 2.11. The molecule has 8 heteroatoms. The molecule has 2 amide bonds. The first kappa shape index (κ1) is 18.4. The second kappa shape index (κ2) is 8.35. The zero-order valence-electron chi connectivity index (χ0n) is 15.7. The fraction of sp³-hybridized carbons (Fsp3) is 0.611. The lowest BCUT2D eigenvalue weighted by molar-refractivity contribution is 0.162. The fourth-order valence-corrected chi connectivity index (χ4v) is 3.11. The van der Waals surface area contributed by atoms with Gasteiger partial charge in [0.2, 0.25) is 5.89 Å². The van der Waals surface area contributed by atoms with Crippen molar-refractivity contribution in [1.29, 1.82) is 0 Å². The van der Waals surface area contributed by atoms with Gasteiger partial charge in [-0.1, -0.05) is 5.16 Å². The van der Waals surface area contributed by atoms with Crippen molar-refractivity contribution in [2.45, 2.75) is 46.7 Å². The number of nitrogens with zero attached hydrogens (tertiary/aromatic N) is 3. The Morgan fingerprint density at radius 3 is 2.65 bits per heavy atom. The monoisotopic (exact) mass is 361 g/mol. The molecule has 0 aliphatic carbocycles. The Balaban J connectivity index is 1.32. The number of likely N-dealkylation sites (tertiary alicyclic amines) is 1. The van der Waals surface area contributed by atoms with Gasteiger partial charge in [0.1, 0.15) is 5.76 Å². The number of nitrogens with one attached hydrogen (secondary N) is 2. The first-order valence-electron chi connectivity index (χ1n) is 9.08. The van der Waals surface area contributed by atoms with Crippen molar-refractivity contribution >= 4 is 6.03 Å². The number of carbonyl (C=O) groups excluding carboxylic acids is 1. The second-order valence-corrected chi connectivity index (χ2v) is 6.97. The molecule has 0 atom stereocenters. The average Bonchev–Trinajstić information content (AvgIpc) is 3.17. The molecule has 8 nitrogen and oxygen atoms in total. The Hall–Kier alpha value is -2.35. The van der Waals surface area contributed by atoms with E-state index in [-0.39, 0.29) is 6.03 Å². The topological polar surface area (TPSA) is 96.4 Å². The van der Waals surface area contributed by atoms with E-state index in [4.69, 9.17) is 8.94 Å². The van der Waals surface area contributed by atoms with Crippen LogP contribution in [0, 0.1) is 26.7 Å². The summed E-state index contributed by atoms with van der Waals surface area (Å²) in [6.45, 7) is 9.53. The van der Waals surface area contributed by atoms with Crippen molar-refractivity contribution in [3.05, 3.63) is 34.9 Å². The highest BCUT2D eigenvalue weighted by Crippen LogP contribution is 2.19. The summed E-state index contributed by atoms with van der Waals surface area (Å²) in [5.41, 5.74) is 1.77. The molecule has 3 heterocycles. The minimum absolute atomic E-state index is 0.174. The molecule has 0 bridgehead atoms. The zero-order valence-corrected chi connectivity index (χ0v) is 15.7. The maximum atomic E-state index is 11.9. The molecular weight excluding hydrogens is 334 g/mol. The van der Waals surface area contributed by atoms with Crippen LogP contribution in [0.2, 0.25) is 0 Å². The van der Waals surface area contributed by atoms with E-state index < -0.39 is 0 Å². The molecule has 2 aromatic rings. The number of carbonyl (C=O) groups is 1. The molecule has 0 spiro atoms. The molecule has 2 N–H and O–H groups in total. The van der Waals surface area contributed by atoms with E-state index in [0.29, 0.717) is 24.8 Å². The Kier molecular flexibility index (Phi) is 5.92. The first-order valence-corrected chi connectivity index (χ1v) is 9.08. The maximum Gasteiger partial charge on any atom is 0.315 e. The number of aryl methyl sites for hydroxylation is 3. The van der Waals surface area contributed by atoms with E-state index in [0.717, 1.165) is 55.5 Å². The Morgan fingerprint density at radius 1 is 1.27 bits per heavy atom. The highest BCUT2D eigenvalue weighted by Gasteiger charge is 2.21. The lowest BCUT2D eigenvalue weighted by Crippen LogP contribution is -2.41. The van der Waals surface area contributed by atoms with Gasteiger partial charge in [-0.2, -0.15) is 0 Å². The van der Waals surface area contributed by atoms with Crippen LogP contribution in [-0.4, -0.2) is 40.7 Å². The minimum Gasteiger partial charge on any atom is -0.444 e. The number of urea groups is 1. The van der Waals surface area contributed by atoms with Gasteiger partial charge in [0.15, 0.2) is 5.76 Å². The van der Waals surface area contributed by atoms with Crippen LogP contribution >= 0.6 is 0 Å². The van der Waals surface area contributed by atoms with Gasteiger partial charge < -0.3 is 19.6 Å². The standard InChI is InChI=1S/C18H27N5O3/c1-12-8-16(26-22-12)10-20-18(24)19-9-15-4-6-23(7-5-15)11-17-21-13(2)14(3)25-17/h8,15H,4-7,9-11H2,1-3H3,(H2,19,20,24). The van der Waals surface area contributed by atoms with Crippen LogP contribution in [-0.2, 0) is 13.1 Å². The molecule has 2 aromatic heterocycles. The van der Waals surface area contributed by atoms with Crippen molar-refractivity contribution in [3.63, 3.8) is 0 Å². The van der Waals surface area contributed by atoms with Gasteiger partial charge in [0, 0.05) is 12.6 Å². The van der Waals surface area contributed by atoms with E-state index in [1.807, 2.05) is 26.8 Å². The van der Waals surface area contributed by atoms with Crippen molar-refractivity contribution in [3.8, 4) is 0 Å². The van der Waals surface area contributed by atoms with Crippen LogP contribution in [0.5, 0.6) is 0 Å². The third kappa shape index (κ3) is 5.08. The van der Waals surface area contributed by atoms with Crippen LogP contribution in [0.3, 0.4) is 0 Å². The predicted octanol–water partition coefficient (Wildman–Crippen LogP) is 2.30. The number of hydrogen-bond acceptors (Lipinski definition) is 6. The van der Waals surface area contributed by atoms with Crippen LogP contribution in [0.1, 0.15) is 41.6 Å². The quantitative estimate of drug-likeness (QED) is 0.819. The van der Waals surface area contributed by atoms with E-state index >= 15 is 0 Å². The van der Waals surface area contributed by atoms with E-state index in [2.05, 4.69) is 25.7 Å². The second-order valence-electron chi connectivity index (χ2n) is 6.97. The normalized spacial score (nSPS) is 16.0.